The molecule has 0 atom stereocenters. The van der Waals surface area contributed by atoms with Gasteiger partial charge in [-0.05, 0) is 42.8 Å². The lowest BCUT2D eigenvalue weighted by Gasteiger charge is -2.10. The van der Waals surface area contributed by atoms with Crippen molar-refractivity contribution in [1.29, 1.82) is 0 Å². The second-order valence-corrected chi connectivity index (χ2v) is 5.44. The van der Waals surface area contributed by atoms with Crippen molar-refractivity contribution in [3.8, 4) is 5.75 Å². The van der Waals surface area contributed by atoms with Crippen molar-refractivity contribution >= 4 is 23.5 Å². The standard InChI is InChI=1S/C19H19NO6/c1-12-5-4-6-16(7-12)26-11-17(21)20-15-9-13(18(22)24-2)8-14(10-15)19(23)25-3/h4-10H,11H2,1-3H3,(H,20,21). The van der Waals surface area contributed by atoms with Crippen molar-refractivity contribution in [2.45, 2.75) is 6.92 Å². The molecule has 0 aromatic heterocycles. The normalized spacial score (nSPS) is 9.96. The summed E-state index contributed by atoms with van der Waals surface area (Å²) in [6.07, 6.45) is 0. The van der Waals surface area contributed by atoms with Crippen molar-refractivity contribution in [3.05, 3.63) is 59.2 Å². The Balaban J connectivity index is 2.12. The minimum Gasteiger partial charge on any atom is -0.484 e. The Kier molecular flexibility index (Phi) is 6.32. The molecule has 0 saturated carbocycles. The third kappa shape index (κ3) is 5.07. The van der Waals surface area contributed by atoms with E-state index in [1.807, 2.05) is 19.1 Å². The highest BCUT2D eigenvalue weighted by Crippen LogP contribution is 2.17. The first-order chi connectivity index (χ1) is 12.4. The van der Waals surface area contributed by atoms with Crippen LogP contribution in [0.5, 0.6) is 5.75 Å². The van der Waals surface area contributed by atoms with Crippen LogP contribution in [0.3, 0.4) is 0 Å². The van der Waals surface area contributed by atoms with Gasteiger partial charge >= 0.3 is 11.9 Å². The van der Waals surface area contributed by atoms with Gasteiger partial charge in [-0.3, -0.25) is 4.79 Å². The van der Waals surface area contributed by atoms with Crippen LogP contribution >= 0.6 is 0 Å². The smallest absolute Gasteiger partial charge is 0.337 e. The third-order valence-electron chi connectivity index (χ3n) is 3.42. The number of rotatable bonds is 6. The summed E-state index contributed by atoms with van der Waals surface area (Å²) >= 11 is 0. The molecule has 0 unspecified atom stereocenters. The van der Waals surface area contributed by atoms with E-state index >= 15 is 0 Å². The Morgan fingerprint density at radius 3 is 2.08 bits per heavy atom. The van der Waals surface area contributed by atoms with Crippen LogP contribution in [0.4, 0.5) is 5.69 Å². The maximum absolute atomic E-state index is 12.1. The summed E-state index contributed by atoms with van der Waals surface area (Å²) in [6.45, 7) is 1.69. The molecule has 1 N–H and O–H groups in total. The van der Waals surface area contributed by atoms with Crippen LogP contribution in [0.15, 0.2) is 42.5 Å². The molecule has 0 aliphatic rings. The first kappa shape index (κ1) is 19.0. The molecule has 0 aliphatic heterocycles. The van der Waals surface area contributed by atoms with E-state index in [-0.39, 0.29) is 23.4 Å². The molecule has 26 heavy (non-hydrogen) atoms. The fourth-order valence-electron chi connectivity index (χ4n) is 2.22. The van der Waals surface area contributed by atoms with Gasteiger partial charge in [0.15, 0.2) is 6.61 Å². The van der Waals surface area contributed by atoms with E-state index in [0.717, 1.165) is 5.56 Å². The van der Waals surface area contributed by atoms with E-state index in [2.05, 4.69) is 14.8 Å². The fourth-order valence-corrected chi connectivity index (χ4v) is 2.22. The zero-order chi connectivity index (χ0) is 19.1. The largest absolute Gasteiger partial charge is 0.484 e. The molecule has 0 spiro atoms. The first-order valence-electron chi connectivity index (χ1n) is 7.74. The number of anilines is 1. The average molecular weight is 357 g/mol. The van der Waals surface area contributed by atoms with E-state index in [1.54, 1.807) is 12.1 Å². The van der Waals surface area contributed by atoms with E-state index in [1.165, 1.54) is 32.4 Å². The Morgan fingerprint density at radius 1 is 0.923 bits per heavy atom. The minimum absolute atomic E-state index is 0.116. The van der Waals surface area contributed by atoms with Gasteiger partial charge in [-0.15, -0.1) is 0 Å². The predicted molar refractivity (Wildman–Crippen MR) is 94.4 cm³/mol. The van der Waals surface area contributed by atoms with E-state index in [9.17, 15) is 14.4 Å². The van der Waals surface area contributed by atoms with Crippen LogP contribution < -0.4 is 10.1 Å². The van der Waals surface area contributed by atoms with Crippen molar-refractivity contribution < 1.29 is 28.6 Å². The van der Waals surface area contributed by atoms with Gasteiger partial charge in [-0.2, -0.15) is 0 Å². The minimum atomic E-state index is -0.637. The Bertz CT molecular complexity index is 796. The molecule has 7 heteroatoms. The maximum atomic E-state index is 12.1. The number of ether oxygens (including phenoxy) is 3. The van der Waals surface area contributed by atoms with Gasteiger partial charge in [0.1, 0.15) is 5.75 Å². The summed E-state index contributed by atoms with van der Waals surface area (Å²) in [7, 11) is 2.45. The highest BCUT2D eigenvalue weighted by Gasteiger charge is 2.15. The summed E-state index contributed by atoms with van der Waals surface area (Å²) in [5, 5.41) is 2.59. The van der Waals surface area contributed by atoms with E-state index < -0.39 is 17.8 Å². The van der Waals surface area contributed by atoms with Gasteiger partial charge in [0.25, 0.3) is 5.91 Å². The number of hydrogen-bond donors (Lipinski definition) is 1. The Morgan fingerprint density at radius 2 is 1.54 bits per heavy atom. The maximum Gasteiger partial charge on any atom is 0.337 e. The topological polar surface area (TPSA) is 90.9 Å². The molecule has 2 aromatic rings. The van der Waals surface area contributed by atoms with Gasteiger partial charge in [0.2, 0.25) is 0 Å². The quantitative estimate of drug-likeness (QED) is 0.799. The van der Waals surface area contributed by atoms with Gasteiger partial charge in [0, 0.05) is 5.69 Å². The number of methoxy groups -OCH3 is 2. The molecule has 2 rings (SSSR count). The summed E-state index contributed by atoms with van der Waals surface area (Å²) in [4.78, 5) is 35.6. The molecule has 0 aliphatic carbocycles. The zero-order valence-electron chi connectivity index (χ0n) is 14.7. The average Bonchev–Trinajstić information content (AvgIpc) is 2.64. The molecular formula is C19H19NO6. The highest BCUT2D eigenvalue weighted by atomic mass is 16.5. The molecule has 0 heterocycles. The molecule has 0 saturated heterocycles. The van der Waals surface area contributed by atoms with Gasteiger partial charge < -0.3 is 19.5 Å². The monoisotopic (exact) mass is 357 g/mol. The number of aryl methyl sites for hydroxylation is 1. The molecule has 1 amide bonds. The third-order valence-corrected chi connectivity index (χ3v) is 3.42. The summed E-state index contributed by atoms with van der Waals surface area (Å²) in [6, 6.07) is 11.4. The van der Waals surface area contributed by atoms with Gasteiger partial charge in [0.05, 0.1) is 25.3 Å². The first-order valence-corrected chi connectivity index (χ1v) is 7.74. The lowest BCUT2D eigenvalue weighted by atomic mass is 10.1. The van der Waals surface area contributed by atoms with E-state index in [4.69, 9.17) is 4.74 Å². The van der Waals surface area contributed by atoms with Crippen LogP contribution in [0.1, 0.15) is 26.3 Å². The molecule has 0 fully saturated rings. The zero-order valence-corrected chi connectivity index (χ0v) is 14.7. The van der Waals surface area contributed by atoms with Crippen LogP contribution in [-0.4, -0.2) is 38.7 Å². The van der Waals surface area contributed by atoms with Crippen LogP contribution in [0.25, 0.3) is 0 Å². The molecule has 0 bridgehead atoms. The molecular weight excluding hydrogens is 338 g/mol. The molecule has 7 nitrogen and oxygen atoms in total. The molecule has 0 radical (unpaired) electrons. The Hall–Kier alpha value is -3.35. The van der Waals surface area contributed by atoms with Crippen molar-refractivity contribution in [2.75, 3.05) is 26.1 Å². The molecule has 2 aromatic carbocycles. The summed E-state index contributed by atoms with van der Waals surface area (Å²) in [5.41, 5.74) is 1.50. The number of carbonyl (C=O) groups is 3. The number of hydrogen-bond acceptors (Lipinski definition) is 6. The number of benzene rings is 2. The molecule has 136 valence electrons. The van der Waals surface area contributed by atoms with Crippen LogP contribution in [0, 0.1) is 6.92 Å². The second-order valence-electron chi connectivity index (χ2n) is 5.44. The second kappa shape index (κ2) is 8.66. The lowest BCUT2D eigenvalue weighted by molar-refractivity contribution is -0.118. The number of nitrogens with one attached hydrogen (secondary N) is 1. The summed E-state index contributed by atoms with van der Waals surface area (Å²) in [5.74, 6) is -1.15. The number of amides is 1. The van der Waals surface area contributed by atoms with Crippen molar-refractivity contribution in [3.63, 3.8) is 0 Å². The predicted octanol–water partition coefficient (Wildman–Crippen LogP) is 2.59. The van der Waals surface area contributed by atoms with Crippen LogP contribution in [-0.2, 0) is 14.3 Å². The van der Waals surface area contributed by atoms with Crippen molar-refractivity contribution in [1.82, 2.24) is 0 Å². The van der Waals surface area contributed by atoms with Gasteiger partial charge in [-0.25, -0.2) is 9.59 Å². The SMILES string of the molecule is COC(=O)c1cc(NC(=O)COc2cccc(C)c2)cc(C(=O)OC)c1. The fraction of sp³-hybridized carbons (Fsp3) is 0.211. The lowest BCUT2D eigenvalue weighted by Crippen LogP contribution is -2.21. The van der Waals surface area contributed by atoms with Gasteiger partial charge in [-0.1, -0.05) is 12.1 Å². The van der Waals surface area contributed by atoms with E-state index in [0.29, 0.717) is 5.75 Å². The van der Waals surface area contributed by atoms with Crippen molar-refractivity contribution in [2.24, 2.45) is 0 Å². The summed E-state index contributed by atoms with van der Waals surface area (Å²) < 4.78 is 14.7. The van der Waals surface area contributed by atoms with Crippen LogP contribution in [0.2, 0.25) is 0 Å². The highest BCUT2D eigenvalue weighted by molar-refractivity contribution is 5.99. The number of carbonyl (C=O) groups excluding carboxylic acids is 3. The number of esters is 2. The Labute approximate surface area is 150 Å².